The minimum Gasteiger partial charge on any atom is -0.465 e. The van der Waals surface area contributed by atoms with E-state index in [2.05, 4.69) is 24.4 Å². The summed E-state index contributed by atoms with van der Waals surface area (Å²) < 4.78 is 4.82. The van der Waals surface area contributed by atoms with Crippen LogP contribution in [0.15, 0.2) is 24.3 Å². The maximum absolute atomic E-state index is 11.0. The first-order chi connectivity index (χ1) is 7.74. The summed E-state index contributed by atoms with van der Waals surface area (Å²) in [5, 5.41) is 3.07. The number of aryl methyl sites for hydroxylation is 1. The van der Waals surface area contributed by atoms with Crippen LogP contribution in [0.3, 0.4) is 0 Å². The lowest BCUT2D eigenvalue weighted by Crippen LogP contribution is -2.26. The Hall–Kier alpha value is -1.35. The minimum absolute atomic E-state index is 0.188. The minimum atomic E-state index is -0.188. The summed E-state index contributed by atoms with van der Waals surface area (Å²) in [5.41, 5.74) is 2.61. The average molecular weight is 221 g/mol. The summed E-state index contributed by atoms with van der Waals surface area (Å²) in [6, 6.07) is 8.28. The van der Waals surface area contributed by atoms with Crippen molar-refractivity contribution in [2.24, 2.45) is 0 Å². The normalized spacial score (nSPS) is 10.1. The molecule has 16 heavy (non-hydrogen) atoms. The topological polar surface area (TPSA) is 38.3 Å². The van der Waals surface area contributed by atoms with Crippen LogP contribution in [0.1, 0.15) is 18.1 Å². The largest absolute Gasteiger partial charge is 0.465 e. The van der Waals surface area contributed by atoms with Crippen LogP contribution in [-0.2, 0) is 16.0 Å². The number of nitrogens with one attached hydrogen (secondary N) is 1. The van der Waals surface area contributed by atoms with Crippen LogP contribution in [0.4, 0.5) is 0 Å². The van der Waals surface area contributed by atoms with Gasteiger partial charge in [0.2, 0.25) is 0 Å². The van der Waals surface area contributed by atoms with Crippen LogP contribution in [0.25, 0.3) is 0 Å². The van der Waals surface area contributed by atoms with Gasteiger partial charge in [0.1, 0.15) is 0 Å². The second kappa shape index (κ2) is 7.01. The second-order valence-electron chi connectivity index (χ2n) is 3.66. The molecule has 1 N–H and O–H groups in total. The van der Waals surface area contributed by atoms with E-state index < -0.39 is 0 Å². The maximum Gasteiger partial charge on any atom is 0.319 e. The smallest absolute Gasteiger partial charge is 0.319 e. The van der Waals surface area contributed by atoms with Gasteiger partial charge >= 0.3 is 5.97 Å². The summed E-state index contributed by atoms with van der Waals surface area (Å²) >= 11 is 0. The summed E-state index contributed by atoms with van der Waals surface area (Å²) in [6.07, 6.45) is 0.937. The van der Waals surface area contributed by atoms with Crippen LogP contribution >= 0.6 is 0 Å². The molecule has 0 saturated heterocycles. The molecule has 0 unspecified atom stereocenters. The molecule has 0 saturated carbocycles. The number of carbonyl (C=O) groups is 1. The Bertz CT molecular complexity index is 336. The van der Waals surface area contributed by atoms with Gasteiger partial charge in [0.15, 0.2) is 0 Å². The molecule has 0 atom stereocenters. The zero-order valence-corrected chi connectivity index (χ0v) is 9.95. The van der Waals surface area contributed by atoms with Crippen LogP contribution in [0, 0.1) is 6.92 Å². The van der Waals surface area contributed by atoms with Crippen molar-refractivity contribution in [1.29, 1.82) is 0 Å². The summed E-state index contributed by atoms with van der Waals surface area (Å²) in [4.78, 5) is 11.0. The molecule has 0 amide bonds. The molecule has 88 valence electrons. The molecule has 1 aromatic carbocycles. The number of esters is 1. The van der Waals surface area contributed by atoms with Gasteiger partial charge in [-0.25, -0.2) is 0 Å². The van der Waals surface area contributed by atoms with Crippen molar-refractivity contribution < 1.29 is 9.53 Å². The molecule has 0 heterocycles. The summed E-state index contributed by atoms with van der Waals surface area (Å²) in [5.74, 6) is -0.188. The standard InChI is InChI=1S/C13H19NO2/c1-3-16-13(15)10-14-9-8-12-7-5-4-6-11(12)2/h4-7,14H,3,8-10H2,1-2H3. The van der Waals surface area contributed by atoms with Crippen molar-refractivity contribution in [3.8, 4) is 0 Å². The summed E-state index contributed by atoms with van der Waals surface area (Å²) in [6.45, 7) is 5.44. The first-order valence-corrected chi connectivity index (χ1v) is 5.65. The molecule has 0 aliphatic carbocycles. The first-order valence-electron chi connectivity index (χ1n) is 5.65. The number of ether oxygens (including phenoxy) is 1. The van der Waals surface area contributed by atoms with E-state index in [-0.39, 0.29) is 5.97 Å². The van der Waals surface area contributed by atoms with Crippen molar-refractivity contribution in [3.05, 3.63) is 35.4 Å². The zero-order chi connectivity index (χ0) is 11.8. The Balaban J connectivity index is 2.21. The van der Waals surface area contributed by atoms with Gasteiger partial charge in [-0.05, 0) is 37.9 Å². The number of rotatable bonds is 6. The highest BCUT2D eigenvalue weighted by molar-refractivity contribution is 5.71. The lowest BCUT2D eigenvalue weighted by Gasteiger charge is -2.06. The van der Waals surface area contributed by atoms with Crippen LogP contribution in [0.2, 0.25) is 0 Å². The molecule has 0 fully saturated rings. The predicted octanol–water partition coefficient (Wildman–Crippen LogP) is 1.69. The molecule has 3 nitrogen and oxygen atoms in total. The molecule has 0 spiro atoms. The van der Waals surface area contributed by atoms with Crippen LogP contribution in [-0.4, -0.2) is 25.7 Å². The van der Waals surface area contributed by atoms with E-state index in [1.165, 1.54) is 11.1 Å². The Morgan fingerprint density at radius 1 is 1.38 bits per heavy atom. The molecular formula is C13H19NO2. The molecule has 0 radical (unpaired) electrons. The van der Waals surface area contributed by atoms with E-state index >= 15 is 0 Å². The molecule has 0 aromatic heterocycles. The third kappa shape index (κ3) is 4.45. The quantitative estimate of drug-likeness (QED) is 0.587. The third-order valence-corrected chi connectivity index (χ3v) is 2.41. The Morgan fingerprint density at radius 2 is 2.12 bits per heavy atom. The Labute approximate surface area is 96.8 Å². The van der Waals surface area contributed by atoms with Crippen molar-refractivity contribution in [1.82, 2.24) is 5.32 Å². The van der Waals surface area contributed by atoms with E-state index in [4.69, 9.17) is 4.74 Å². The van der Waals surface area contributed by atoms with Gasteiger partial charge in [-0.2, -0.15) is 0 Å². The highest BCUT2D eigenvalue weighted by atomic mass is 16.5. The fourth-order valence-electron chi connectivity index (χ4n) is 1.52. The molecule has 0 aliphatic rings. The molecule has 3 heteroatoms. The highest BCUT2D eigenvalue weighted by Crippen LogP contribution is 2.06. The Kier molecular flexibility index (Phi) is 5.57. The number of hydrogen-bond acceptors (Lipinski definition) is 3. The SMILES string of the molecule is CCOC(=O)CNCCc1ccccc1C. The average Bonchev–Trinajstić information content (AvgIpc) is 2.27. The van der Waals surface area contributed by atoms with Crippen LogP contribution < -0.4 is 5.32 Å². The molecular weight excluding hydrogens is 202 g/mol. The zero-order valence-electron chi connectivity index (χ0n) is 9.95. The van der Waals surface area contributed by atoms with Gasteiger partial charge in [-0.3, -0.25) is 4.79 Å². The number of hydrogen-bond donors (Lipinski definition) is 1. The van der Waals surface area contributed by atoms with Gasteiger partial charge in [0, 0.05) is 0 Å². The highest BCUT2D eigenvalue weighted by Gasteiger charge is 2.00. The van der Waals surface area contributed by atoms with Gasteiger partial charge in [-0.1, -0.05) is 24.3 Å². The van der Waals surface area contributed by atoms with Gasteiger partial charge in [-0.15, -0.1) is 0 Å². The second-order valence-corrected chi connectivity index (χ2v) is 3.66. The molecule has 0 bridgehead atoms. The van der Waals surface area contributed by atoms with E-state index in [1.807, 2.05) is 19.1 Å². The van der Waals surface area contributed by atoms with E-state index in [1.54, 1.807) is 0 Å². The van der Waals surface area contributed by atoms with E-state index in [0.29, 0.717) is 13.2 Å². The fraction of sp³-hybridized carbons (Fsp3) is 0.462. The summed E-state index contributed by atoms with van der Waals surface area (Å²) in [7, 11) is 0. The third-order valence-electron chi connectivity index (χ3n) is 2.41. The van der Waals surface area contributed by atoms with Gasteiger partial charge in [0.05, 0.1) is 13.2 Å². The molecule has 0 aliphatic heterocycles. The van der Waals surface area contributed by atoms with Crippen molar-refractivity contribution in [3.63, 3.8) is 0 Å². The molecule has 1 rings (SSSR count). The number of benzene rings is 1. The lowest BCUT2D eigenvalue weighted by atomic mass is 10.1. The first kappa shape index (κ1) is 12.7. The van der Waals surface area contributed by atoms with Crippen molar-refractivity contribution in [2.75, 3.05) is 19.7 Å². The predicted molar refractivity (Wildman–Crippen MR) is 64.4 cm³/mol. The van der Waals surface area contributed by atoms with Crippen molar-refractivity contribution >= 4 is 5.97 Å². The van der Waals surface area contributed by atoms with Gasteiger partial charge in [0.25, 0.3) is 0 Å². The van der Waals surface area contributed by atoms with Crippen molar-refractivity contribution in [2.45, 2.75) is 20.3 Å². The fourth-order valence-corrected chi connectivity index (χ4v) is 1.52. The lowest BCUT2D eigenvalue weighted by molar-refractivity contribution is -0.141. The molecule has 1 aromatic rings. The maximum atomic E-state index is 11.0. The Morgan fingerprint density at radius 3 is 2.81 bits per heavy atom. The van der Waals surface area contributed by atoms with E-state index in [0.717, 1.165) is 13.0 Å². The van der Waals surface area contributed by atoms with Crippen LogP contribution in [0.5, 0.6) is 0 Å². The van der Waals surface area contributed by atoms with Gasteiger partial charge < -0.3 is 10.1 Å². The monoisotopic (exact) mass is 221 g/mol. The number of carbonyl (C=O) groups excluding carboxylic acids is 1. The van der Waals surface area contributed by atoms with E-state index in [9.17, 15) is 4.79 Å².